The van der Waals surface area contributed by atoms with E-state index >= 15 is 0 Å². The highest BCUT2D eigenvalue weighted by Crippen LogP contribution is 2.27. The Bertz CT molecular complexity index is 670. The standard InChI is InChI=1S/C14H12O5/c1-18-13-6-9(3-5-12(13)16)2-4-11-7-10(15)8-14(17)19-11/h2-8,15-16H,1H3. The highest BCUT2D eigenvalue weighted by atomic mass is 16.5. The Labute approximate surface area is 109 Å². The molecule has 0 amide bonds. The molecule has 5 nitrogen and oxygen atoms in total. The van der Waals surface area contributed by atoms with Crippen molar-refractivity contribution < 1.29 is 19.4 Å². The second kappa shape index (κ2) is 5.30. The van der Waals surface area contributed by atoms with E-state index in [1.165, 1.54) is 25.3 Å². The zero-order chi connectivity index (χ0) is 13.8. The fraction of sp³-hybridized carbons (Fsp3) is 0.0714. The molecular weight excluding hydrogens is 248 g/mol. The number of phenolic OH excluding ortho intramolecular Hbond substituents is 1. The van der Waals surface area contributed by atoms with Crippen LogP contribution in [0.4, 0.5) is 0 Å². The number of methoxy groups -OCH3 is 1. The van der Waals surface area contributed by atoms with Crippen molar-refractivity contribution in [2.24, 2.45) is 0 Å². The quantitative estimate of drug-likeness (QED) is 0.884. The number of phenols is 1. The number of rotatable bonds is 3. The van der Waals surface area contributed by atoms with Crippen LogP contribution in [-0.4, -0.2) is 17.3 Å². The molecule has 0 saturated heterocycles. The minimum atomic E-state index is -0.622. The maximum atomic E-state index is 11.1. The van der Waals surface area contributed by atoms with Gasteiger partial charge in [-0.05, 0) is 23.8 Å². The van der Waals surface area contributed by atoms with Gasteiger partial charge in [0.05, 0.1) is 13.2 Å². The zero-order valence-electron chi connectivity index (χ0n) is 10.2. The van der Waals surface area contributed by atoms with Crippen LogP contribution in [0.15, 0.2) is 39.5 Å². The van der Waals surface area contributed by atoms with Crippen molar-refractivity contribution in [2.45, 2.75) is 0 Å². The number of hydrogen-bond acceptors (Lipinski definition) is 5. The number of hydrogen-bond donors (Lipinski definition) is 2. The molecule has 0 aliphatic rings. The topological polar surface area (TPSA) is 79.9 Å². The van der Waals surface area contributed by atoms with Crippen molar-refractivity contribution in [3.63, 3.8) is 0 Å². The van der Waals surface area contributed by atoms with Crippen LogP contribution < -0.4 is 10.4 Å². The summed E-state index contributed by atoms with van der Waals surface area (Å²) in [6.07, 6.45) is 3.20. The molecule has 0 saturated carbocycles. The van der Waals surface area contributed by atoms with Crippen LogP contribution in [-0.2, 0) is 0 Å². The minimum absolute atomic E-state index is 0.0449. The average Bonchev–Trinajstić information content (AvgIpc) is 2.36. The lowest BCUT2D eigenvalue weighted by molar-refractivity contribution is 0.373. The van der Waals surface area contributed by atoms with Crippen LogP contribution in [0.2, 0.25) is 0 Å². The monoisotopic (exact) mass is 260 g/mol. The third-order valence-electron chi connectivity index (χ3n) is 2.42. The first-order chi connectivity index (χ1) is 9.08. The van der Waals surface area contributed by atoms with Gasteiger partial charge in [0.2, 0.25) is 0 Å². The molecule has 0 aliphatic heterocycles. The number of aromatic hydroxyl groups is 2. The molecular formula is C14H12O5. The Balaban J connectivity index is 2.29. The Morgan fingerprint density at radius 1 is 1.16 bits per heavy atom. The smallest absolute Gasteiger partial charge is 0.339 e. The zero-order valence-corrected chi connectivity index (χ0v) is 10.2. The van der Waals surface area contributed by atoms with Gasteiger partial charge in [0.15, 0.2) is 11.5 Å². The highest BCUT2D eigenvalue weighted by Gasteiger charge is 2.01. The van der Waals surface area contributed by atoms with Gasteiger partial charge in [0.25, 0.3) is 0 Å². The molecule has 98 valence electrons. The molecule has 1 heterocycles. The van der Waals surface area contributed by atoms with Gasteiger partial charge < -0.3 is 19.4 Å². The van der Waals surface area contributed by atoms with E-state index in [0.717, 1.165) is 11.6 Å². The molecule has 0 aliphatic carbocycles. The third-order valence-corrected chi connectivity index (χ3v) is 2.42. The van der Waals surface area contributed by atoms with E-state index in [2.05, 4.69) is 0 Å². The van der Waals surface area contributed by atoms with Gasteiger partial charge in [-0.3, -0.25) is 0 Å². The van der Waals surface area contributed by atoms with Crippen molar-refractivity contribution >= 4 is 12.2 Å². The molecule has 0 fully saturated rings. The molecule has 1 aromatic carbocycles. The summed E-state index contributed by atoms with van der Waals surface area (Å²) in [5.41, 5.74) is 0.128. The van der Waals surface area contributed by atoms with Crippen molar-refractivity contribution in [3.8, 4) is 17.2 Å². The van der Waals surface area contributed by atoms with E-state index < -0.39 is 5.63 Å². The summed E-state index contributed by atoms with van der Waals surface area (Å²) >= 11 is 0. The van der Waals surface area contributed by atoms with Crippen LogP contribution >= 0.6 is 0 Å². The van der Waals surface area contributed by atoms with Crippen molar-refractivity contribution in [2.75, 3.05) is 7.11 Å². The molecule has 0 bridgehead atoms. The molecule has 0 atom stereocenters. The van der Waals surface area contributed by atoms with E-state index in [0.29, 0.717) is 5.75 Å². The molecule has 0 spiro atoms. The summed E-state index contributed by atoms with van der Waals surface area (Å²) in [4.78, 5) is 11.1. The lowest BCUT2D eigenvalue weighted by Crippen LogP contribution is -1.95. The molecule has 1 aromatic heterocycles. The summed E-state index contributed by atoms with van der Waals surface area (Å²) in [5, 5.41) is 18.7. The van der Waals surface area contributed by atoms with E-state index in [-0.39, 0.29) is 17.3 Å². The summed E-state index contributed by atoms with van der Waals surface area (Å²) in [7, 11) is 1.46. The molecule has 2 N–H and O–H groups in total. The van der Waals surface area contributed by atoms with Gasteiger partial charge in [-0.2, -0.15) is 0 Å². The molecule has 0 unspecified atom stereocenters. The highest BCUT2D eigenvalue weighted by molar-refractivity contribution is 5.69. The Kier molecular flexibility index (Phi) is 3.56. The molecule has 0 radical (unpaired) electrons. The van der Waals surface area contributed by atoms with Crippen molar-refractivity contribution in [1.82, 2.24) is 0 Å². The van der Waals surface area contributed by atoms with Crippen molar-refractivity contribution in [3.05, 3.63) is 52.1 Å². The van der Waals surface area contributed by atoms with E-state index in [9.17, 15) is 15.0 Å². The average molecular weight is 260 g/mol. The first-order valence-electron chi connectivity index (χ1n) is 5.48. The van der Waals surface area contributed by atoms with Crippen LogP contribution in [0.5, 0.6) is 17.2 Å². The second-order valence-corrected chi connectivity index (χ2v) is 3.80. The maximum Gasteiger partial charge on any atom is 0.339 e. The number of ether oxygens (including phenoxy) is 1. The van der Waals surface area contributed by atoms with Gasteiger partial charge in [-0.25, -0.2) is 4.79 Å². The summed E-state index contributed by atoms with van der Waals surface area (Å²) < 4.78 is 9.86. The van der Waals surface area contributed by atoms with Gasteiger partial charge in [-0.1, -0.05) is 12.1 Å². The normalized spacial score (nSPS) is 10.8. The predicted octanol–water partition coefficient (Wildman–Crippen LogP) is 2.23. The third kappa shape index (κ3) is 3.16. The predicted molar refractivity (Wildman–Crippen MR) is 70.2 cm³/mol. The molecule has 19 heavy (non-hydrogen) atoms. The van der Waals surface area contributed by atoms with Crippen LogP contribution in [0.25, 0.3) is 12.2 Å². The van der Waals surface area contributed by atoms with Crippen LogP contribution in [0, 0.1) is 0 Å². The van der Waals surface area contributed by atoms with Crippen LogP contribution in [0.3, 0.4) is 0 Å². The lowest BCUT2D eigenvalue weighted by Gasteiger charge is -2.03. The van der Waals surface area contributed by atoms with Gasteiger partial charge in [-0.15, -0.1) is 0 Å². The molecule has 2 aromatic rings. The summed E-state index contributed by atoms with van der Waals surface area (Å²) in [6, 6.07) is 7.12. The van der Waals surface area contributed by atoms with Crippen molar-refractivity contribution in [1.29, 1.82) is 0 Å². The van der Waals surface area contributed by atoms with Crippen LogP contribution in [0.1, 0.15) is 11.3 Å². The summed E-state index contributed by atoms with van der Waals surface area (Å²) in [6.45, 7) is 0. The van der Waals surface area contributed by atoms with E-state index in [4.69, 9.17) is 9.15 Å². The molecule has 2 rings (SSSR count). The maximum absolute atomic E-state index is 11.1. The Hall–Kier alpha value is -2.69. The largest absolute Gasteiger partial charge is 0.508 e. The van der Waals surface area contributed by atoms with E-state index in [1.807, 2.05) is 0 Å². The van der Waals surface area contributed by atoms with Gasteiger partial charge >= 0.3 is 5.63 Å². The first kappa shape index (κ1) is 12.8. The first-order valence-corrected chi connectivity index (χ1v) is 5.48. The fourth-order valence-corrected chi connectivity index (χ4v) is 1.54. The fourth-order valence-electron chi connectivity index (χ4n) is 1.54. The van der Waals surface area contributed by atoms with E-state index in [1.54, 1.807) is 18.2 Å². The summed E-state index contributed by atoms with van der Waals surface area (Å²) in [5.74, 6) is 0.472. The SMILES string of the molecule is COc1cc(C=Cc2cc(O)cc(=O)o2)ccc1O. The lowest BCUT2D eigenvalue weighted by atomic mass is 10.2. The number of benzene rings is 1. The Morgan fingerprint density at radius 3 is 2.63 bits per heavy atom. The Morgan fingerprint density at radius 2 is 1.95 bits per heavy atom. The minimum Gasteiger partial charge on any atom is -0.508 e. The van der Waals surface area contributed by atoms with Gasteiger partial charge in [0, 0.05) is 6.07 Å². The van der Waals surface area contributed by atoms with Gasteiger partial charge in [0.1, 0.15) is 11.5 Å². The second-order valence-electron chi connectivity index (χ2n) is 3.80. The molecule has 5 heteroatoms.